The summed E-state index contributed by atoms with van der Waals surface area (Å²) in [6, 6.07) is 0. The predicted molar refractivity (Wildman–Crippen MR) is 66.0 cm³/mol. The molecule has 0 aromatic rings. The van der Waals surface area contributed by atoms with Gasteiger partial charge in [0, 0.05) is 13.1 Å². The van der Waals surface area contributed by atoms with Crippen LogP contribution in [0.25, 0.3) is 0 Å². The molecule has 7 heteroatoms. The highest BCUT2D eigenvalue weighted by molar-refractivity contribution is 8.00. The Kier molecular flexibility index (Phi) is 4.11. The Morgan fingerprint density at radius 3 is 2.50 bits per heavy atom. The maximum atomic E-state index is 12.0. The molecule has 6 nitrogen and oxygen atoms in total. The molecule has 0 saturated carbocycles. The normalized spacial score (nSPS) is 21.4. The van der Waals surface area contributed by atoms with E-state index < -0.39 is 5.97 Å². The van der Waals surface area contributed by atoms with Gasteiger partial charge in [0.15, 0.2) is 0 Å². The zero-order valence-corrected chi connectivity index (χ0v) is 10.8. The fourth-order valence-electron chi connectivity index (χ4n) is 2.18. The minimum absolute atomic E-state index is 0.00812. The molecular weight excluding hydrogens is 256 g/mol. The summed E-state index contributed by atoms with van der Waals surface area (Å²) < 4.78 is 0. The van der Waals surface area contributed by atoms with Gasteiger partial charge in [0.1, 0.15) is 6.54 Å². The first-order valence-corrected chi connectivity index (χ1v) is 7.09. The van der Waals surface area contributed by atoms with Gasteiger partial charge in [-0.2, -0.15) is 0 Å². The topological polar surface area (TPSA) is 77.9 Å². The average molecular weight is 272 g/mol. The van der Waals surface area contributed by atoms with E-state index in [0.717, 1.165) is 0 Å². The van der Waals surface area contributed by atoms with E-state index in [0.29, 0.717) is 37.6 Å². The molecule has 0 aromatic heterocycles. The van der Waals surface area contributed by atoms with Crippen molar-refractivity contribution >= 4 is 29.5 Å². The summed E-state index contributed by atoms with van der Waals surface area (Å²) in [5.41, 5.74) is 0. The molecular formula is C11H16N2O4S. The highest BCUT2D eigenvalue weighted by atomic mass is 32.2. The fraction of sp³-hybridized carbons (Fsp3) is 0.727. The van der Waals surface area contributed by atoms with E-state index in [-0.39, 0.29) is 24.3 Å². The molecule has 18 heavy (non-hydrogen) atoms. The van der Waals surface area contributed by atoms with Crippen molar-refractivity contribution < 1.29 is 19.5 Å². The van der Waals surface area contributed by atoms with Gasteiger partial charge >= 0.3 is 5.97 Å². The van der Waals surface area contributed by atoms with E-state index >= 15 is 0 Å². The molecule has 0 bridgehead atoms. The molecule has 2 fully saturated rings. The van der Waals surface area contributed by atoms with E-state index in [4.69, 9.17) is 5.11 Å². The Bertz CT molecular complexity index is 366. The third kappa shape index (κ3) is 2.95. The highest BCUT2D eigenvalue weighted by Crippen LogP contribution is 2.19. The van der Waals surface area contributed by atoms with E-state index in [1.54, 1.807) is 9.80 Å². The molecule has 0 aromatic carbocycles. The standard InChI is InChI=1S/C11H16N2O4S/c14-9(5-13-7-18-6-10(13)15)12-3-1-8(2-4-12)11(16)17/h8H,1-7H2,(H,16,17). The van der Waals surface area contributed by atoms with Crippen LogP contribution in [0, 0.1) is 5.92 Å². The van der Waals surface area contributed by atoms with Crippen LogP contribution in [0.2, 0.25) is 0 Å². The Morgan fingerprint density at radius 1 is 1.33 bits per heavy atom. The summed E-state index contributed by atoms with van der Waals surface area (Å²) in [4.78, 5) is 37.3. The number of piperidine rings is 1. The third-order valence-electron chi connectivity index (χ3n) is 3.35. The van der Waals surface area contributed by atoms with Gasteiger partial charge in [-0.1, -0.05) is 0 Å². The molecule has 0 radical (unpaired) electrons. The zero-order chi connectivity index (χ0) is 13.1. The number of carbonyl (C=O) groups is 3. The lowest BCUT2D eigenvalue weighted by atomic mass is 9.97. The summed E-state index contributed by atoms with van der Waals surface area (Å²) in [6.45, 7) is 1.08. The molecule has 0 atom stereocenters. The Balaban J connectivity index is 1.80. The molecule has 2 amide bonds. The van der Waals surface area contributed by atoms with Crippen molar-refractivity contribution in [3.05, 3.63) is 0 Å². The van der Waals surface area contributed by atoms with Gasteiger partial charge in [0.25, 0.3) is 0 Å². The largest absolute Gasteiger partial charge is 0.481 e. The van der Waals surface area contributed by atoms with Crippen LogP contribution in [-0.4, -0.2) is 64.0 Å². The molecule has 2 rings (SSSR count). The van der Waals surface area contributed by atoms with Gasteiger partial charge in [0.05, 0.1) is 17.5 Å². The molecule has 0 spiro atoms. The number of carboxylic acid groups (broad SMARTS) is 1. The molecule has 0 unspecified atom stereocenters. The number of hydrogen-bond donors (Lipinski definition) is 1. The number of nitrogens with zero attached hydrogens (tertiary/aromatic N) is 2. The first kappa shape index (κ1) is 13.2. The smallest absolute Gasteiger partial charge is 0.306 e. The molecule has 2 heterocycles. The van der Waals surface area contributed by atoms with E-state index in [1.807, 2.05) is 0 Å². The number of likely N-dealkylation sites (tertiary alicyclic amines) is 1. The summed E-state index contributed by atoms with van der Waals surface area (Å²) in [5.74, 6) is -0.153. The van der Waals surface area contributed by atoms with Crippen molar-refractivity contribution in [1.82, 2.24) is 9.80 Å². The second-order valence-electron chi connectivity index (χ2n) is 4.56. The van der Waals surface area contributed by atoms with Crippen molar-refractivity contribution in [1.29, 1.82) is 0 Å². The number of carbonyl (C=O) groups excluding carboxylic acids is 2. The minimum Gasteiger partial charge on any atom is -0.481 e. The Hall–Kier alpha value is -1.24. The predicted octanol–water partition coefficient (Wildman–Crippen LogP) is -0.157. The second-order valence-corrected chi connectivity index (χ2v) is 5.52. The van der Waals surface area contributed by atoms with Crippen molar-refractivity contribution in [2.24, 2.45) is 5.92 Å². The number of hydrogen-bond acceptors (Lipinski definition) is 4. The third-order valence-corrected chi connectivity index (χ3v) is 4.29. The van der Waals surface area contributed by atoms with Gasteiger partial charge < -0.3 is 14.9 Å². The number of aliphatic carboxylic acids is 1. The molecule has 2 aliphatic heterocycles. The van der Waals surface area contributed by atoms with Gasteiger partial charge in [-0.15, -0.1) is 11.8 Å². The van der Waals surface area contributed by atoms with Crippen LogP contribution in [0.3, 0.4) is 0 Å². The maximum Gasteiger partial charge on any atom is 0.306 e. The van der Waals surface area contributed by atoms with E-state index in [2.05, 4.69) is 0 Å². The first-order chi connectivity index (χ1) is 8.58. The van der Waals surface area contributed by atoms with Crippen LogP contribution in [0.1, 0.15) is 12.8 Å². The van der Waals surface area contributed by atoms with E-state index in [9.17, 15) is 14.4 Å². The molecule has 2 saturated heterocycles. The van der Waals surface area contributed by atoms with Crippen LogP contribution in [0.4, 0.5) is 0 Å². The average Bonchev–Trinajstić information content (AvgIpc) is 2.75. The summed E-state index contributed by atoms with van der Waals surface area (Å²) in [7, 11) is 0. The quantitative estimate of drug-likeness (QED) is 0.772. The van der Waals surface area contributed by atoms with E-state index in [1.165, 1.54) is 11.8 Å². The number of rotatable bonds is 3. The van der Waals surface area contributed by atoms with Crippen LogP contribution >= 0.6 is 11.8 Å². The lowest BCUT2D eigenvalue weighted by Gasteiger charge is -2.31. The monoisotopic (exact) mass is 272 g/mol. The zero-order valence-electron chi connectivity index (χ0n) is 10.0. The van der Waals surface area contributed by atoms with Gasteiger partial charge in [-0.3, -0.25) is 14.4 Å². The Morgan fingerprint density at radius 2 is 2.00 bits per heavy atom. The van der Waals surface area contributed by atoms with Crippen molar-refractivity contribution in [3.63, 3.8) is 0 Å². The van der Waals surface area contributed by atoms with Crippen LogP contribution < -0.4 is 0 Å². The number of carboxylic acids is 1. The number of thioether (sulfide) groups is 1. The van der Waals surface area contributed by atoms with Crippen molar-refractivity contribution in [2.45, 2.75) is 12.8 Å². The lowest BCUT2D eigenvalue weighted by molar-refractivity contribution is -0.146. The SMILES string of the molecule is O=C(O)C1CCN(C(=O)CN2CSCC2=O)CC1. The van der Waals surface area contributed by atoms with Gasteiger partial charge in [-0.25, -0.2) is 0 Å². The van der Waals surface area contributed by atoms with Crippen molar-refractivity contribution in [2.75, 3.05) is 31.3 Å². The first-order valence-electron chi connectivity index (χ1n) is 5.94. The van der Waals surface area contributed by atoms with Gasteiger partial charge in [-0.05, 0) is 12.8 Å². The molecule has 2 aliphatic rings. The Labute approximate surface area is 109 Å². The molecule has 0 aliphatic carbocycles. The van der Waals surface area contributed by atoms with Crippen LogP contribution in [-0.2, 0) is 14.4 Å². The lowest BCUT2D eigenvalue weighted by Crippen LogP contribution is -2.45. The maximum absolute atomic E-state index is 12.0. The summed E-state index contributed by atoms with van der Waals surface area (Å²) in [6.07, 6.45) is 1.01. The van der Waals surface area contributed by atoms with Crippen LogP contribution in [0.5, 0.6) is 0 Å². The number of amides is 2. The molecule has 100 valence electrons. The minimum atomic E-state index is -0.784. The summed E-state index contributed by atoms with van der Waals surface area (Å²) >= 11 is 1.51. The van der Waals surface area contributed by atoms with Gasteiger partial charge in [0.2, 0.25) is 11.8 Å². The summed E-state index contributed by atoms with van der Waals surface area (Å²) in [5, 5.41) is 8.87. The highest BCUT2D eigenvalue weighted by Gasteiger charge is 2.29. The van der Waals surface area contributed by atoms with Crippen molar-refractivity contribution in [3.8, 4) is 0 Å². The molecule has 1 N–H and O–H groups in total. The second kappa shape index (κ2) is 5.60. The van der Waals surface area contributed by atoms with Crippen LogP contribution in [0.15, 0.2) is 0 Å². The fourth-order valence-corrected chi connectivity index (χ4v) is 3.08.